The van der Waals surface area contributed by atoms with Crippen molar-refractivity contribution in [2.24, 2.45) is 0 Å². The van der Waals surface area contributed by atoms with Crippen LogP contribution in [-0.4, -0.2) is 16.4 Å². The topological polar surface area (TPSA) is 16.1 Å². The maximum atomic E-state index is 5.83. The van der Waals surface area contributed by atoms with Gasteiger partial charge in [-0.2, -0.15) is 0 Å². The molecule has 16 heavy (non-hydrogen) atoms. The monoisotopic (exact) mass is 270 g/mol. The highest BCUT2D eigenvalue weighted by atomic mass is 35.5. The van der Waals surface area contributed by atoms with Crippen molar-refractivity contribution in [3.63, 3.8) is 0 Å². The van der Waals surface area contributed by atoms with Crippen molar-refractivity contribution in [1.29, 1.82) is 0 Å². The van der Waals surface area contributed by atoms with E-state index in [9.17, 15) is 0 Å². The molecule has 0 saturated carbocycles. The van der Waals surface area contributed by atoms with Gasteiger partial charge in [0.25, 0.3) is 0 Å². The lowest BCUT2D eigenvalue weighted by Gasteiger charge is -2.25. The van der Waals surface area contributed by atoms with Crippen molar-refractivity contribution in [2.45, 2.75) is 19.5 Å². The summed E-state index contributed by atoms with van der Waals surface area (Å²) < 4.78 is 0.642. The second kappa shape index (κ2) is 4.45. The predicted octanol–water partition coefficient (Wildman–Crippen LogP) is 3.42. The van der Waals surface area contributed by atoms with Crippen LogP contribution in [0.2, 0.25) is 4.47 Å². The molecular weight excluding hydrogens is 260 g/mol. The fourth-order valence-corrected chi connectivity index (χ4v) is 3.93. The minimum absolute atomic E-state index is 0.642. The molecule has 0 aliphatic carbocycles. The molecule has 3 heterocycles. The van der Waals surface area contributed by atoms with Gasteiger partial charge in [0.05, 0.1) is 0 Å². The summed E-state index contributed by atoms with van der Waals surface area (Å²) in [7, 11) is 0. The van der Waals surface area contributed by atoms with Crippen molar-refractivity contribution < 1.29 is 0 Å². The molecule has 0 N–H and O–H groups in total. The maximum absolute atomic E-state index is 5.83. The largest absolute Gasteiger partial charge is 0.294 e. The highest BCUT2D eigenvalue weighted by Gasteiger charge is 2.17. The zero-order chi connectivity index (χ0) is 11.0. The molecule has 0 unspecified atom stereocenters. The van der Waals surface area contributed by atoms with E-state index in [0.717, 1.165) is 19.6 Å². The van der Waals surface area contributed by atoms with E-state index in [0.29, 0.717) is 4.47 Å². The van der Waals surface area contributed by atoms with Crippen LogP contribution >= 0.6 is 34.3 Å². The summed E-state index contributed by atoms with van der Waals surface area (Å²) in [5.74, 6) is 0. The molecule has 0 saturated heterocycles. The number of halogens is 1. The van der Waals surface area contributed by atoms with Crippen molar-refractivity contribution in [3.05, 3.63) is 37.4 Å². The molecule has 0 atom stereocenters. The van der Waals surface area contributed by atoms with Gasteiger partial charge >= 0.3 is 0 Å². The van der Waals surface area contributed by atoms with E-state index in [2.05, 4.69) is 21.3 Å². The Bertz CT molecular complexity index is 492. The molecular formula is C11H11ClN2S2. The summed E-state index contributed by atoms with van der Waals surface area (Å²) in [6, 6.07) is 2.24. The Morgan fingerprint density at radius 1 is 1.50 bits per heavy atom. The van der Waals surface area contributed by atoms with Crippen LogP contribution in [0.3, 0.4) is 0 Å². The molecule has 3 rings (SSSR count). The van der Waals surface area contributed by atoms with Crippen molar-refractivity contribution >= 4 is 34.3 Å². The average molecular weight is 271 g/mol. The third-order valence-electron chi connectivity index (χ3n) is 2.79. The number of rotatable bonds is 2. The van der Waals surface area contributed by atoms with Gasteiger partial charge in [0, 0.05) is 35.6 Å². The predicted molar refractivity (Wildman–Crippen MR) is 69.3 cm³/mol. The third-order valence-corrected chi connectivity index (χ3v) is 4.91. The number of nitrogens with zero attached hydrogens (tertiary/aromatic N) is 2. The first-order valence-corrected chi connectivity index (χ1v) is 7.26. The van der Waals surface area contributed by atoms with Gasteiger partial charge in [0.15, 0.2) is 4.47 Å². The summed E-state index contributed by atoms with van der Waals surface area (Å²) in [6.45, 7) is 3.18. The van der Waals surface area contributed by atoms with Gasteiger partial charge in [-0.15, -0.1) is 22.7 Å². The highest BCUT2D eigenvalue weighted by Crippen LogP contribution is 2.26. The Labute approximate surface area is 108 Å². The van der Waals surface area contributed by atoms with Crippen molar-refractivity contribution in [3.8, 4) is 0 Å². The molecule has 0 radical (unpaired) electrons. The summed E-state index contributed by atoms with van der Waals surface area (Å²) in [6.07, 6.45) is 3.07. The molecule has 1 aliphatic heterocycles. The number of hydrogen-bond donors (Lipinski definition) is 0. The second-order valence-electron chi connectivity index (χ2n) is 3.91. The van der Waals surface area contributed by atoms with Gasteiger partial charge in [0.2, 0.25) is 0 Å². The molecule has 1 aliphatic rings. The van der Waals surface area contributed by atoms with E-state index in [1.54, 1.807) is 16.2 Å². The molecule has 0 spiro atoms. The fraction of sp³-hybridized carbons (Fsp3) is 0.364. The van der Waals surface area contributed by atoms with Crippen molar-refractivity contribution in [1.82, 2.24) is 9.88 Å². The Hall–Kier alpha value is -0.420. The first-order chi connectivity index (χ1) is 7.81. The van der Waals surface area contributed by atoms with Crippen LogP contribution in [0.4, 0.5) is 0 Å². The van der Waals surface area contributed by atoms with Crippen LogP contribution in [0, 0.1) is 0 Å². The molecule has 0 amide bonds. The average Bonchev–Trinajstić information content (AvgIpc) is 2.87. The van der Waals surface area contributed by atoms with Gasteiger partial charge in [-0.1, -0.05) is 11.6 Å². The quantitative estimate of drug-likeness (QED) is 0.831. The van der Waals surface area contributed by atoms with E-state index in [1.807, 2.05) is 17.5 Å². The molecule has 84 valence electrons. The molecule has 0 fully saturated rings. The molecule has 0 aromatic carbocycles. The normalized spacial score (nSPS) is 16.3. The molecule has 2 aromatic heterocycles. The number of thiazole rings is 1. The lowest BCUT2D eigenvalue weighted by molar-refractivity contribution is 0.249. The number of hydrogen-bond acceptors (Lipinski definition) is 4. The molecule has 2 nitrogen and oxygen atoms in total. The number of thiophene rings is 1. The van der Waals surface area contributed by atoms with E-state index in [4.69, 9.17) is 11.6 Å². The van der Waals surface area contributed by atoms with E-state index in [-0.39, 0.29) is 0 Å². The first kappa shape index (κ1) is 10.7. The van der Waals surface area contributed by atoms with Crippen LogP contribution in [-0.2, 0) is 19.5 Å². The zero-order valence-corrected chi connectivity index (χ0v) is 11.0. The van der Waals surface area contributed by atoms with E-state index in [1.165, 1.54) is 16.9 Å². The van der Waals surface area contributed by atoms with Crippen LogP contribution in [0.5, 0.6) is 0 Å². The number of fused-ring (bicyclic) bond motifs is 1. The van der Waals surface area contributed by atoms with Crippen LogP contribution in [0.25, 0.3) is 0 Å². The molecule has 5 heteroatoms. The second-order valence-corrected chi connectivity index (χ2v) is 6.61. The summed E-state index contributed by atoms with van der Waals surface area (Å²) >= 11 is 9.29. The van der Waals surface area contributed by atoms with Gasteiger partial charge in [0.1, 0.15) is 0 Å². The van der Waals surface area contributed by atoms with Crippen LogP contribution in [0.1, 0.15) is 15.3 Å². The van der Waals surface area contributed by atoms with Gasteiger partial charge in [-0.25, -0.2) is 4.98 Å². The minimum Gasteiger partial charge on any atom is -0.294 e. The lowest BCUT2D eigenvalue weighted by Crippen LogP contribution is -2.28. The fourth-order valence-electron chi connectivity index (χ4n) is 2.02. The number of aromatic nitrogens is 1. The Kier molecular flexibility index (Phi) is 2.98. The summed E-state index contributed by atoms with van der Waals surface area (Å²) in [4.78, 5) is 9.34. The third kappa shape index (κ3) is 2.15. The minimum atomic E-state index is 0.642. The van der Waals surface area contributed by atoms with Crippen LogP contribution < -0.4 is 0 Å². The van der Waals surface area contributed by atoms with Crippen LogP contribution in [0.15, 0.2) is 17.6 Å². The first-order valence-electron chi connectivity index (χ1n) is 5.19. The van der Waals surface area contributed by atoms with E-state index < -0.39 is 0 Å². The lowest BCUT2D eigenvalue weighted by atomic mass is 10.1. The SMILES string of the molecule is Clc1ncc(CN2CCc3sccc3C2)s1. The van der Waals surface area contributed by atoms with Gasteiger partial charge < -0.3 is 0 Å². The summed E-state index contributed by atoms with van der Waals surface area (Å²) in [5, 5.41) is 2.19. The Morgan fingerprint density at radius 2 is 2.44 bits per heavy atom. The van der Waals surface area contributed by atoms with Gasteiger partial charge in [-0.3, -0.25) is 4.90 Å². The van der Waals surface area contributed by atoms with E-state index >= 15 is 0 Å². The summed E-state index contributed by atoms with van der Waals surface area (Å²) in [5.41, 5.74) is 1.49. The molecule has 2 aromatic rings. The van der Waals surface area contributed by atoms with Crippen molar-refractivity contribution in [2.75, 3.05) is 6.54 Å². The Balaban J connectivity index is 1.70. The standard InChI is InChI=1S/C11H11ClN2S2/c12-11-13-5-9(16-11)7-14-3-1-10-8(6-14)2-4-15-10/h2,4-5H,1,3,6-7H2. The molecule has 0 bridgehead atoms. The Morgan fingerprint density at radius 3 is 3.25 bits per heavy atom. The maximum Gasteiger partial charge on any atom is 0.183 e. The highest BCUT2D eigenvalue weighted by molar-refractivity contribution is 7.15. The zero-order valence-electron chi connectivity index (χ0n) is 8.65. The van der Waals surface area contributed by atoms with Gasteiger partial charge in [-0.05, 0) is 23.4 Å². The smallest absolute Gasteiger partial charge is 0.183 e.